The second-order valence-electron chi connectivity index (χ2n) is 8.28. The number of anilines is 1. The van der Waals surface area contributed by atoms with E-state index in [1.165, 1.54) is 0 Å². The van der Waals surface area contributed by atoms with Gasteiger partial charge in [-0.3, -0.25) is 14.4 Å². The average molecular weight is 426 g/mol. The zero-order chi connectivity index (χ0) is 20.7. The molecule has 5 rings (SSSR count). The van der Waals surface area contributed by atoms with Crippen molar-refractivity contribution in [3.8, 4) is 11.1 Å². The van der Waals surface area contributed by atoms with Crippen molar-refractivity contribution in [1.29, 1.82) is 0 Å². The van der Waals surface area contributed by atoms with Crippen molar-refractivity contribution < 1.29 is 19.7 Å². The monoisotopic (exact) mass is 425 g/mol. The van der Waals surface area contributed by atoms with Crippen molar-refractivity contribution in [3.05, 3.63) is 40.6 Å². The maximum Gasteiger partial charge on any atom is 0.278 e. The van der Waals surface area contributed by atoms with Gasteiger partial charge in [0.25, 0.3) is 11.8 Å². The molecule has 3 aliphatic heterocycles. The van der Waals surface area contributed by atoms with Crippen molar-refractivity contribution in [3.63, 3.8) is 0 Å². The molecule has 1 aromatic carbocycles. The van der Waals surface area contributed by atoms with E-state index >= 15 is 0 Å². The number of nitrogens with one attached hydrogen (secondary N) is 2. The minimum absolute atomic E-state index is 0.0209. The highest BCUT2D eigenvalue weighted by atomic mass is 32.1. The van der Waals surface area contributed by atoms with Crippen LogP contribution in [-0.2, 0) is 9.59 Å². The lowest BCUT2D eigenvalue weighted by atomic mass is 9.95. The van der Waals surface area contributed by atoms with Gasteiger partial charge in [0.15, 0.2) is 6.04 Å². The lowest BCUT2D eigenvalue weighted by molar-refractivity contribution is -0.657. The Labute approximate surface area is 178 Å². The normalized spacial score (nSPS) is 25.9. The predicted molar refractivity (Wildman–Crippen MR) is 114 cm³/mol. The van der Waals surface area contributed by atoms with Gasteiger partial charge in [-0.1, -0.05) is 6.07 Å². The SMILES string of the molecule is O=C(N[C@H]1CCN2C(=O)c3cc(-c4ccsc4)ccc3NC(=O)[C@@H]2C1)[C@H]1CCC[NH2+]1. The number of carbonyl (C=O) groups is 3. The van der Waals surface area contributed by atoms with Gasteiger partial charge >= 0.3 is 0 Å². The first-order valence-corrected chi connectivity index (χ1v) is 11.5. The molecule has 0 spiro atoms. The van der Waals surface area contributed by atoms with Crippen LogP contribution in [0.2, 0.25) is 0 Å². The van der Waals surface area contributed by atoms with Gasteiger partial charge < -0.3 is 20.9 Å². The number of carbonyl (C=O) groups excluding carboxylic acids is 3. The molecule has 3 atom stereocenters. The van der Waals surface area contributed by atoms with Crippen LogP contribution in [0.25, 0.3) is 11.1 Å². The van der Waals surface area contributed by atoms with Gasteiger partial charge in [-0.15, -0.1) is 0 Å². The number of benzene rings is 1. The summed E-state index contributed by atoms with van der Waals surface area (Å²) in [4.78, 5) is 40.4. The molecule has 4 N–H and O–H groups in total. The molecule has 3 amide bonds. The van der Waals surface area contributed by atoms with E-state index in [2.05, 4.69) is 16.0 Å². The molecule has 2 aromatic rings. The second kappa shape index (κ2) is 7.85. The summed E-state index contributed by atoms with van der Waals surface area (Å²) >= 11 is 1.61. The van der Waals surface area contributed by atoms with Crippen LogP contribution in [0, 0.1) is 0 Å². The molecule has 1 aromatic heterocycles. The number of hydrogen-bond acceptors (Lipinski definition) is 4. The smallest absolute Gasteiger partial charge is 0.278 e. The van der Waals surface area contributed by atoms with Gasteiger partial charge in [0, 0.05) is 25.4 Å². The van der Waals surface area contributed by atoms with Crippen LogP contribution < -0.4 is 16.0 Å². The van der Waals surface area contributed by atoms with E-state index in [4.69, 9.17) is 0 Å². The quantitative estimate of drug-likeness (QED) is 0.689. The maximum atomic E-state index is 13.3. The van der Waals surface area contributed by atoms with Crippen molar-refractivity contribution in [1.82, 2.24) is 10.2 Å². The molecular weight excluding hydrogens is 400 g/mol. The summed E-state index contributed by atoms with van der Waals surface area (Å²) in [5, 5.41) is 12.2. The third-order valence-electron chi connectivity index (χ3n) is 6.38. The molecular formula is C22H25N4O3S+. The Morgan fingerprint density at radius 3 is 2.87 bits per heavy atom. The molecule has 30 heavy (non-hydrogen) atoms. The first-order valence-electron chi connectivity index (χ1n) is 10.5. The van der Waals surface area contributed by atoms with Gasteiger partial charge in [0.2, 0.25) is 5.91 Å². The van der Waals surface area contributed by atoms with Crippen molar-refractivity contribution in [2.75, 3.05) is 18.4 Å². The highest BCUT2D eigenvalue weighted by Crippen LogP contribution is 2.32. The minimum Gasteiger partial charge on any atom is -0.348 e. The molecule has 3 aliphatic rings. The fourth-order valence-corrected chi connectivity index (χ4v) is 5.38. The predicted octanol–water partition coefficient (Wildman–Crippen LogP) is 1.18. The third kappa shape index (κ3) is 3.50. The first-order chi connectivity index (χ1) is 14.6. The van der Waals surface area contributed by atoms with Crippen LogP contribution in [-0.4, -0.2) is 53.8 Å². The van der Waals surface area contributed by atoms with Crippen molar-refractivity contribution in [2.45, 2.75) is 43.8 Å². The van der Waals surface area contributed by atoms with Gasteiger partial charge in [0.05, 0.1) is 17.8 Å². The molecule has 0 saturated carbocycles. The molecule has 7 nitrogen and oxygen atoms in total. The zero-order valence-electron chi connectivity index (χ0n) is 16.6. The number of amides is 3. The number of thiophene rings is 1. The standard InChI is InChI=1S/C22H24N4O3S/c27-20(18-2-1-7-23-18)24-15-5-8-26-19(11-15)21(28)25-17-4-3-13(10-16(17)22(26)29)14-6-9-30-12-14/h3-4,6,9-10,12,15,18-19,23H,1-2,5,7-8,11H2,(H,24,27)(H,25,28)/p+1/t15-,18+,19-/m0/s1. The molecule has 156 valence electrons. The number of quaternary nitrogens is 1. The van der Waals surface area contributed by atoms with Crippen LogP contribution >= 0.6 is 11.3 Å². The topological polar surface area (TPSA) is 95.1 Å². The van der Waals surface area contributed by atoms with Crippen molar-refractivity contribution in [2.24, 2.45) is 0 Å². The van der Waals surface area contributed by atoms with E-state index in [0.29, 0.717) is 30.6 Å². The highest BCUT2D eigenvalue weighted by Gasteiger charge is 2.41. The Morgan fingerprint density at radius 2 is 2.10 bits per heavy atom. The van der Waals surface area contributed by atoms with Crippen LogP contribution in [0.3, 0.4) is 0 Å². The molecule has 0 radical (unpaired) electrons. The van der Waals surface area contributed by atoms with Gasteiger partial charge in [-0.25, -0.2) is 0 Å². The maximum absolute atomic E-state index is 13.3. The average Bonchev–Trinajstić information content (AvgIpc) is 3.46. The Balaban J connectivity index is 1.35. The summed E-state index contributed by atoms with van der Waals surface area (Å²) in [5.41, 5.74) is 3.11. The number of piperidine rings is 1. The van der Waals surface area contributed by atoms with E-state index in [-0.39, 0.29) is 29.8 Å². The largest absolute Gasteiger partial charge is 0.348 e. The summed E-state index contributed by atoms with van der Waals surface area (Å²) < 4.78 is 0. The number of hydrogen-bond donors (Lipinski definition) is 3. The van der Waals surface area contributed by atoms with Crippen LogP contribution in [0.15, 0.2) is 35.0 Å². The van der Waals surface area contributed by atoms with Gasteiger partial charge in [-0.2, -0.15) is 11.3 Å². The third-order valence-corrected chi connectivity index (χ3v) is 7.07. The second-order valence-corrected chi connectivity index (χ2v) is 9.06. The zero-order valence-corrected chi connectivity index (χ0v) is 17.4. The summed E-state index contributed by atoms with van der Waals surface area (Å²) in [5.74, 6) is -0.258. The Kier molecular flexibility index (Phi) is 5.04. The Morgan fingerprint density at radius 1 is 1.20 bits per heavy atom. The molecule has 2 fully saturated rings. The summed E-state index contributed by atoms with van der Waals surface area (Å²) in [7, 11) is 0. The van der Waals surface area contributed by atoms with Gasteiger partial charge in [0.1, 0.15) is 6.04 Å². The van der Waals surface area contributed by atoms with Crippen LogP contribution in [0.4, 0.5) is 5.69 Å². The summed E-state index contributed by atoms with van der Waals surface area (Å²) in [6.07, 6.45) is 3.06. The van der Waals surface area contributed by atoms with Crippen LogP contribution in [0.5, 0.6) is 0 Å². The molecule has 2 saturated heterocycles. The molecule has 0 bridgehead atoms. The fourth-order valence-electron chi connectivity index (χ4n) is 4.72. The molecule has 8 heteroatoms. The number of nitrogens with two attached hydrogens (primary N) is 1. The number of nitrogens with zero attached hydrogens (tertiary/aromatic N) is 1. The van der Waals surface area contributed by atoms with E-state index in [9.17, 15) is 14.4 Å². The minimum atomic E-state index is -0.568. The molecule has 0 unspecified atom stereocenters. The van der Waals surface area contributed by atoms with Crippen molar-refractivity contribution >= 4 is 34.7 Å². The van der Waals surface area contributed by atoms with E-state index in [1.54, 1.807) is 16.2 Å². The number of fused-ring (bicyclic) bond motifs is 2. The Bertz CT molecular complexity index is 984. The van der Waals surface area contributed by atoms with E-state index < -0.39 is 6.04 Å². The Hall–Kier alpha value is -2.71. The summed E-state index contributed by atoms with van der Waals surface area (Å²) in [6, 6.07) is 6.95. The first kappa shape index (κ1) is 19.3. The van der Waals surface area contributed by atoms with Crippen LogP contribution in [0.1, 0.15) is 36.0 Å². The van der Waals surface area contributed by atoms with E-state index in [0.717, 1.165) is 30.5 Å². The lowest BCUT2D eigenvalue weighted by Crippen LogP contribution is -2.89. The summed E-state index contributed by atoms with van der Waals surface area (Å²) in [6.45, 7) is 1.44. The number of rotatable bonds is 3. The molecule has 4 heterocycles. The van der Waals surface area contributed by atoms with Gasteiger partial charge in [-0.05, 0) is 52.9 Å². The highest BCUT2D eigenvalue weighted by molar-refractivity contribution is 7.08. The molecule has 0 aliphatic carbocycles. The fraction of sp³-hybridized carbons (Fsp3) is 0.409. The van der Waals surface area contributed by atoms with E-state index in [1.807, 2.05) is 35.0 Å². The lowest BCUT2D eigenvalue weighted by Gasteiger charge is -2.37.